The highest BCUT2D eigenvalue weighted by Crippen LogP contribution is 2.40. The van der Waals surface area contributed by atoms with Crippen molar-refractivity contribution in [3.8, 4) is 12.3 Å². The van der Waals surface area contributed by atoms with Crippen LogP contribution in [0.5, 0.6) is 0 Å². The zero-order valence-corrected chi connectivity index (χ0v) is 47.4. The van der Waals surface area contributed by atoms with Crippen LogP contribution in [0.15, 0.2) is 112 Å². The Hall–Kier alpha value is -8.03. The van der Waals surface area contributed by atoms with E-state index in [0.29, 0.717) is 60.3 Å². The second-order valence-corrected chi connectivity index (χ2v) is 21.1. The molecule has 0 radical (unpaired) electrons. The molecule has 1 aliphatic heterocycles. The number of nitrogens with one attached hydrogen (secondary N) is 5. The number of carbonyl (C=O) groups is 7. The Morgan fingerprint density at radius 2 is 1.57 bits per heavy atom. The third-order valence-corrected chi connectivity index (χ3v) is 14.4. The van der Waals surface area contributed by atoms with E-state index in [-0.39, 0.29) is 125 Å². The summed E-state index contributed by atoms with van der Waals surface area (Å²) in [5, 5.41) is 12.7. The van der Waals surface area contributed by atoms with Gasteiger partial charge in [-0.1, -0.05) is 47.8 Å². The van der Waals surface area contributed by atoms with Crippen LogP contribution >= 0.6 is 15.9 Å². The lowest BCUT2D eigenvalue weighted by Gasteiger charge is -2.24. The van der Waals surface area contributed by atoms with Crippen LogP contribution in [0.3, 0.4) is 0 Å². The highest BCUT2D eigenvalue weighted by molar-refractivity contribution is 9.10. The molecule has 0 saturated heterocycles. The Balaban J connectivity index is 0.837. The Bertz CT molecular complexity index is 3220. The minimum absolute atomic E-state index is 0.00109. The highest BCUT2D eigenvalue weighted by Gasteiger charge is 2.46. The Kier molecular flexibility index (Phi) is 22.0. The van der Waals surface area contributed by atoms with Gasteiger partial charge in [0.05, 0.1) is 58.8 Å². The number of aryl methyl sites for hydroxylation is 1. The van der Waals surface area contributed by atoms with E-state index in [1.54, 1.807) is 24.3 Å². The van der Waals surface area contributed by atoms with Crippen LogP contribution in [0.1, 0.15) is 78.7 Å². The molecule has 5 aromatic rings. The molecule has 20 nitrogen and oxygen atoms in total. The summed E-state index contributed by atoms with van der Waals surface area (Å²) in [6, 6.07) is 22.5. The summed E-state index contributed by atoms with van der Waals surface area (Å²) in [6.45, 7) is 8.74. The summed E-state index contributed by atoms with van der Waals surface area (Å²) in [5.74, 6) is -0.119. The van der Waals surface area contributed by atoms with Crippen molar-refractivity contribution in [2.45, 2.75) is 78.6 Å². The maximum Gasteiger partial charge on any atom is 0.312 e. The molecule has 0 bridgehead atoms. The van der Waals surface area contributed by atoms with E-state index < -0.39 is 18.0 Å². The fraction of sp³-hybridized carbons (Fsp3) is 0.383. The zero-order valence-electron chi connectivity index (χ0n) is 45.8. The molecule has 426 valence electrons. The average Bonchev–Trinajstić information content (AvgIpc) is 4.34. The number of nitrogens with zero attached hydrogens (tertiary/aromatic N) is 3. The van der Waals surface area contributed by atoms with E-state index in [9.17, 15) is 38.4 Å². The molecule has 0 fully saturated rings. The van der Waals surface area contributed by atoms with E-state index >= 15 is 0 Å². The number of terminal acetylenes is 1. The van der Waals surface area contributed by atoms with Gasteiger partial charge in [0.15, 0.2) is 24.7 Å². The number of Topliss-reactive ketones (excluding diaryl/α,β-unsaturated/α-hetero) is 1. The van der Waals surface area contributed by atoms with Gasteiger partial charge in [0, 0.05) is 106 Å². The number of fused-ring (bicyclic) bond motifs is 1. The van der Waals surface area contributed by atoms with Gasteiger partial charge < -0.3 is 51.1 Å². The minimum atomic E-state index is -0.858. The van der Waals surface area contributed by atoms with E-state index in [4.69, 9.17) is 26.4 Å². The van der Waals surface area contributed by atoms with E-state index in [2.05, 4.69) is 48.1 Å². The van der Waals surface area contributed by atoms with Crippen molar-refractivity contribution in [3.63, 3.8) is 0 Å². The number of aromatic amines is 1. The Morgan fingerprint density at radius 3 is 2.25 bits per heavy atom. The first kappa shape index (κ1) is 60.6. The number of ether oxygens (including phenoxy) is 3. The molecule has 7 N–H and O–H groups in total. The smallest absolute Gasteiger partial charge is 0.312 e. The van der Waals surface area contributed by atoms with Crippen molar-refractivity contribution in [2.24, 2.45) is 17.6 Å². The predicted octanol–water partition coefficient (Wildman–Crippen LogP) is 5.12. The van der Waals surface area contributed by atoms with Crippen molar-refractivity contribution >= 4 is 79.4 Å². The fourth-order valence-corrected chi connectivity index (χ4v) is 9.81. The van der Waals surface area contributed by atoms with Crippen LogP contribution in [0.2, 0.25) is 0 Å². The SMILES string of the molecule is C#CCN(Cc1cc2c(=O)[nH]c(C)cc2cc1Br)c1ccc(C(=O)NCc2ccc[n+](Cc3ccc(NC(=O)[C@H](CCCNC(N)=O)CC(=O)[C@@H](NC(=O)CCOCCOCCOCCN4C(=O)C5=C(C5)C4=O)C(C)C)cc3)c2)cc1. The molecule has 2 aliphatic rings. The number of hydrogen-bond donors (Lipinski definition) is 6. The molecular formula is C60H69BrN9O11+. The Morgan fingerprint density at radius 1 is 0.877 bits per heavy atom. The standard InChI is InChI=1S/C60H68BrN9O11/c1-5-20-69(37-45-30-48-44(31-51(45)61)29-39(4)65-57(48)75)47-16-12-42(13-17-47)55(73)64-34-41-8-7-21-68(36-41)35-40-10-14-46(15-11-40)66-56(74)43(9-6-19-63-60(62)78)32-52(71)54(38(2)3)67-53(72)18-23-79-25-27-81-28-26-80-24-22-70-58(76)49-33-50(49)59(70)77/h1,7-8,10-17,21,29-31,36,38,43,54H,6,9,18-20,22-28,32-35,37H2,2-4H3,(H6-,62,63,64,65,66,67,72,73,74,75,78)/p+1/t43-,54+/m1/s1. The first-order chi connectivity index (χ1) is 39.0. The number of H-pyrrole nitrogens is 1. The number of halogens is 1. The first-order valence-electron chi connectivity index (χ1n) is 26.9. The number of carbonyl (C=O) groups excluding carboxylic acids is 7. The third kappa shape index (κ3) is 17.7. The van der Waals surface area contributed by atoms with Gasteiger partial charge in [-0.2, -0.15) is 0 Å². The number of imide groups is 1. The highest BCUT2D eigenvalue weighted by atomic mass is 79.9. The van der Waals surface area contributed by atoms with Crippen molar-refractivity contribution in [3.05, 3.63) is 145 Å². The summed E-state index contributed by atoms with van der Waals surface area (Å²) in [6.07, 6.45) is 10.6. The molecule has 0 spiro atoms. The normalized spacial score (nSPS) is 13.4. The maximum atomic E-state index is 13.8. The van der Waals surface area contributed by atoms with Crippen LogP contribution in [-0.2, 0) is 57.8 Å². The second-order valence-electron chi connectivity index (χ2n) is 20.2. The number of aromatic nitrogens is 2. The summed E-state index contributed by atoms with van der Waals surface area (Å²) >= 11 is 3.67. The number of pyridine rings is 2. The number of rotatable bonds is 32. The quantitative estimate of drug-likeness (QED) is 0.0142. The van der Waals surface area contributed by atoms with Gasteiger partial charge in [0.2, 0.25) is 11.8 Å². The third-order valence-electron chi connectivity index (χ3n) is 13.7. The van der Waals surface area contributed by atoms with Gasteiger partial charge in [-0.15, -0.1) is 6.42 Å². The van der Waals surface area contributed by atoms with Gasteiger partial charge in [0.25, 0.3) is 23.3 Å². The van der Waals surface area contributed by atoms with Gasteiger partial charge in [0.1, 0.15) is 0 Å². The van der Waals surface area contributed by atoms with Gasteiger partial charge >= 0.3 is 6.03 Å². The molecule has 81 heavy (non-hydrogen) atoms. The number of piperidine rings is 1. The number of amides is 7. The second kappa shape index (κ2) is 29.4. The monoisotopic (exact) mass is 1170 g/mol. The summed E-state index contributed by atoms with van der Waals surface area (Å²) in [7, 11) is 0. The van der Waals surface area contributed by atoms with Crippen LogP contribution in [0.25, 0.3) is 10.8 Å². The van der Waals surface area contributed by atoms with Crippen LogP contribution in [-0.4, -0.2) is 117 Å². The van der Waals surface area contributed by atoms with Crippen molar-refractivity contribution in [1.29, 1.82) is 0 Å². The zero-order chi connectivity index (χ0) is 58.0. The topological polar surface area (TPSA) is 265 Å². The largest absolute Gasteiger partial charge is 0.379 e. The first-order valence-corrected chi connectivity index (χ1v) is 27.7. The summed E-state index contributed by atoms with van der Waals surface area (Å²) in [5.41, 5.74) is 11.6. The lowest BCUT2D eigenvalue weighted by Crippen LogP contribution is -2.45. The molecule has 7 rings (SSSR count). The van der Waals surface area contributed by atoms with Gasteiger partial charge in [-0.25, -0.2) is 9.36 Å². The number of benzene rings is 3. The van der Waals surface area contributed by atoms with Crippen LogP contribution in [0.4, 0.5) is 16.2 Å². The van der Waals surface area contributed by atoms with Crippen LogP contribution in [0, 0.1) is 31.1 Å². The Labute approximate surface area is 478 Å². The molecule has 7 amide bonds. The van der Waals surface area contributed by atoms with Crippen molar-refractivity contribution in [1.82, 2.24) is 25.8 Å². The molecule has 3 heterocycles. The molecular weight excluding hydrogens is 1100 g/mol. The van der Waals surface area contributed by atoms with E-state index in [1.165, 1.54) is 4.90 Å². The molecule has 1 aliphatic carbocycles. The lowest BCUT2D eigenvalue weighted by molar-refractivity contribution is -0.688. The summed E-state index contributed by atoms with van der Waals surface area (Å²) in [4.78, 5) is 108. The van der Waals surface area contributed by atoms with Gasteiger partial charge in [-0.3, -0.25) is 38.5 Å². The van der Waals surface area contributed by atoms with Crippen molar-refractivity contribution < 1.29 is 52.3 Å². The molecule has 2 aromatic heterocycles. The number of likely N-dealkylation sites (tertiary alicyclic amines) is 1. The number of urea groups is 1. The molecule has 3 aromatic carbocycles. The molecule has 0 saturated carbocycles. The summed E-state index contributed by atoms with van der Waals surface area (Å²) < 4.78 is 19.4. The number of hydrogen-bond acceptors (Lipinski definition) is 12. The van der Waals surface area contributed by atoms with Crippen LogP contribution < -0.4 is 42.0 Å². The van der Waals surface area contributed by atoms with Crippen molar-refractivity contribution in [2.75, 3.05) is 69.5 Å². The number of anilines is 2. The van der Waals surface area contributed by atoms with E-state index in [1.807, 2.05) is 97.2 Å². The van der Waals surface area contributed by atoms with E-state index in [0.717, 1.165) is 37.9 Å². The molecule has 2 atom stereocenters. The number of nitrogens with two attached hydrogens (primary N) is 1. The minimum Gasteiger partial charge on any atom is -0.379 e. The predicted molar refractivity (Wildman–Crippen MR) is 307 cm³/mol. The number of primary amides is 1. The number of ketones is 1. The van der Waals surface area contributed by atoms with Gasteiger partial charge in [-0.05, 0) is 97.3 Å². The lowest BCUT2D eigenvalue weighted by atomic mass is 9.89. The average molecular weight is 1170 g/mol. The molecule has 0 unspecified atom stereocenters. The fourth-order valence-electron chi connectivity index (χ4n) is 9.32. The maximum absolute atomic E-state index is 13.8. The molecule has 21 heteroatoms.